The van der Waals surface area contributed by atoms with E-state index in [1.54, 1.807) is 6.92 Å². The average molecular weight is 314 g/mol. The summed E-state index contributed by atoms with van der Waals surface area (Å²) < 4.78 is 0.927. The number of carbonyl (C=O) groups is 1. The van der Waals surface area contributed by atoms with E-state index in [1.165, 1.54) is 0 Å². The fraction of sp³-hybridized carbons (Fsp3) is 0.500. The van der Waals surface area contributed by atoms with E-state index in [9.17, 15) is 9.90 Å². The van der Waals surface area contributed by atoms with Gasteiger partial charge in [-0.3, -0.25) is 4.79 Å². The molecule has 0 bridgehead atoms. The Hall–Kier alpha value is -0.710. The number of aliphatic hydroxyl groups is 1. The van der Waals surface area contributed by atoms with E-state index >= 15 is 0 Å². The van der Waals surface area contributed by atoms with Gasteiger partial charge < -0.3 is 10.0 Å². The van der Waals surface area contributed by atoms with Crippen molar-refractivity contribution in [3.05, 3.63) is 34.3 Å². The fourth-order valence-electron chi connectivity index (χ4n) is 1.62. The van der Waals surface area contributed by atoms with Gasteiger partial charge in [0.05, 0.1) is 6.10 Å². The Labute approximate surface area is 117 Å². The molecule has 100 valence electrons. The molecule has 0 aliphatic heterocycles. The van der Waals surface area contributed by atoms with E-state index in [0.29, 0.717) is 6.42 Å². The van der Waals surface area contributed by atoms with Gasteiger partial charge in [0.15, 0.2) is 5.78 Å². The second-order valence-electron chi connectivity index (χ2n) is 4.62. The number of benzene rings is 1. The molecule has 0 heterocycles. The first kappa shape index (κ1) is 15.3. The van der Waals surface area contributed by atoms with Crippen molar-refractivity contribution in [2.24, 2.45) is 0 Å². The van der Waals surface area contributed by atoms with Crippen molar-refractivity contribution in [2.45, 2.75) is 25.9 Å². The van der Waals surface area contributed by atoms with E-state index in [-0.39, 0.29) is 11.9 Å². The summed E-state index contributed by atoms with van der Waals surface area (Å²) in [4.78, 5) is 14.0. The van der Waals surface area contributed by atoms with Crippen LogP contribution in [0.15, 0.2) is 28.7 Å². The lowest BCUT2D eigenvalue weighted by Crippen LogP contribution is -2.25. The van der Waals surface area contributed by atoms with Crippen LogP contribution in [0, 0.1) is 0 Å². The quantitative estimate of drug-likeness (QED) is 0.787. The van der Waals surface area contributed by atoms with Crippen LogP contribution in [0.25, 0.3) is 0 Å². The summed E-state index contributed by atoms with van der Waals surface area (Å²) in [5.41, 5.74) is 0.744. The van der Waals surface area contributed by atoms with E-state index in [1.807, 2.05) is 31.3 Å². The molecule has 0 spiro atoms. The van der Waals surface area contributed by atoms with Crippen LogP contribution in [0.4, 0.5) is 0 Å². The molecule has 1 unspecified atom stereocenters. The summed E-state index contributed by atoms with van der Waals surface area (Å²) in [5.74, 6) is 0.153. The molecule has 0 saturated heterocycles. The monoisotopic (exact) mass is 313 g/mol. The molecule has 1 aromatic carbocycles. The average Bonchev–Trinajstić information content (AvgIpc) is 2.33. The zero-order valence-corrected chi connectivity index (χ0v) is 12.5. The zero-order chi connectivity index (χ0) is 13.5. The molecule has 0 saturated carbocycles. The number of aliphatic hydroxyl groups excluding tert-OH is 1. The molecule has 1 N–H and O–H groups in total. The minimum atomic E-state index is -0.284. The molecule has 1 aromatic rings. The summed E-state index contributed by atoms with van der Waals surface area (Å²) in [7, 11) is 1.97. The Morgan fingerprint density at radius 1 is 1.44 bits per heavy atom. The fourth-order valence-corrected chi connectivity index (χ4v) is 2.02. The van der Waals surface area contributed by atoms with Crippen LogP contribution in [0.5, 0.6) is 0 Å². The Kier molecular flexibility index (Phi) is 6.54. The summed E-state index contributed by atoms with van der Waals surface area (Å²) in [6, 6.07) is 7.46. The van der Waals surface area contributed by atoms with Crippen LogP contribution in [0.1, 0.15) is 30.1 Å². The van der Waals surface area contributed by atoms with Gasteiger partial charge in [0, 0.05) is 29.5 Å². The number of halogens is 1. The van der Waals surface area contributed by atoms with Crippen LogP contribution in [-0.4, -0.2) is 42.0 Å². The number of carbonyl (C=O) groups excluding carboxylic acids is 1. The summed E-state index contributed by atoms with van der Waals surface area (Å²) in [5, 5.41) is 9.19. The molecule has 0 aliphatic carbocycles. The van der Waals surface area contributed by atoms with Gasteiger partial charge in [0.25, 0.3) is 0 Å². The molecule has 0 aromatic heterocycles. The number of Topliss-reactive ketones (excluding diaryl/α,β-unsaturated/α-hetero) is 1. The smallest absolute Gasteiger partial charge is 0.164 e. The van der Waals surface area contributed by atoms with E-state index < -0.39 is 0 Å². The summed E-state index contributed by atoms with van der Waals surface area (Å²) >= 11 is 3.36. The lowest BCUT2D eigenvalue weighted by Gasteiger charge is -2.16. The molecule has 3 nitrogen and oxygen atoms in total. The summed E-state index contributed by atoms with van der Waals surface area (Å²) in [6.07, 6.45) is 0.960. The van der Waals surface area contributed by atoms with E-state index in [2.05, 4.69) is 20.8 Å². The lowest BCUT2D eigenvalue weighted by molar-refractivity contribution is 0.0965. The SMILES string of the molecule is CC(O)CCN(C)CCC(=O)c1cccc(Br)c1. The Balaban J connectivity index is 2.37. The number of hydrogen-bond acceptors (Lipinski definition) is 3. The first-order chi connectivity index (χ1) is 8.49. The molecule has 0 fully saturated rings. The highest BCUT2D eigenvalue weighted by molar-refractivity contribution is 9.10. The van der Waals surface area contributed by atoms with Gasteiger partial charge >= 0.3 is 0 Å². The van der Waals surface area contributed by atoms with Gasteiger partial charge in [-0.2, -0.15) is 0 Å². The van der Waals surface area contributed by atoms with Gasteiger partial charge in [-0.1, -0.05) is 28.1 Å². The minimum absolute atomic E-state index is 0.153. The van der Waals surface area contributed by atoms with Gasteiger partial charge in [-0.05, 0) is 32.5 Å². The van der Waals surface area contributed by atoms with Gasteiger partial charge in [0.2, 0.25) is 0 Å². The molecule has 1 atom stereocenters. The van der Waals surface area contributed by atoms with Crippen molar-refractivity contribution in [3.63, 3.8) is 0 Å². The van der Waals surface area contributed by atoms with Gasteiger partial charge in [-0.15, -0.1) is 0 Å². The highest BCUT2D eigenvalue weighted by Gasteiger charge is 2.08. The molecule has 0 radical (unpaired) electrons. The zero-order valence-electron chi connectivity index (χ0n) is 10.9. The third-order valence-corrected chi connectivity index (χ3v) is 3.29. The Morgan fingerprint density at radius 2 is 2.17 bits per heavy atom. The Morgan fingerprint density at radius 3 is 2.78 bits per heavy atom. The molecular formula is C14H20BrNO2. The Bertz CT molecular complexity index is 393. The third-order valence-electron chi connectivity index (χ3n) is 2.80. The van der Waals surface area contributed by atoms with Crippen molar-refractivity contribution in [3.8, 4) is 0 Å². The lowest BCUT2D eigenvalue weighted by atomic mass is 10.1. The van der Waals surface area contributed by atoms with Crippen LogP contribution >= 0.6 is 15.9 Å². The van der Waals surface area contributed by atoms with Crippen LogP contribution in [-0.2, 0) is 0 Å². The molecule has 0 amide bonds. The maximum Gasteiger partial charge on any atom is 0.164 e. The maximum absolute atomic E-state index is 11.9. The van der Waals surface area contributed by atoms with Gasteiger partial charge in [0.1, 0.15) is 0 Å². The van der Waals surface area contributed by atoms with Gasteiger partial charge in [-0.25, -0.2) is 0 Å². The predicted molar refractivity (Wildman–Crippen MR) is 76.9 cm³/mol. The normalized spacial score (nSPS) is 12.7. The molecular weight excluding hydrogens is 294 g/mol. The topological polar surface area (TPSA) is 40.5 Å². The minimum Gasteiger partial charge on any atom is -0.393 e. The maximum atomic E-state index is 11.9. The predicted octanol–water partition coefficient (Wildman–Crippen LogP) is 2.72. The van der Waals surface area contributed by atoms with Crippen LogP contribution < -0.4 is 0 Å². The van der Waals surface area contributed by atoms with Crippen molar-refractivity contribution in [1.82, 2.24) is 4.90 Å². The highest BCUT2D eigenvalue weighted by Crippen LogP contribution is 2.13. The first-order valence-corrected chi connectivity index (χ1v) is 6.93. The standard InChI is InChI=1S/C14H20BrNO2/c1-11(17)6-8-16(2)9-7-14(18)12-4-3-5-13(15)10-12/h3-5,10-11,17H,6-9H2,1-2H3. The van der Waals surface area contributed by atoms with Crippen LogP contribution in [0.3, 0.4) is 0 Å². The van der Waals surface area contributed by atoms with Crippen molar-refractivity contribution >= 4 is 21.7 Å². The van der Waals surface area contributed by atoms with Crippen LogP contribution in [0.2, 0.25) is 0 Å². The number of rotatable bonds is 7. The highest BCUT2D eigenvalue weighted by atomic mass is 79.9. The largest absolute Gasteiger partial charge is 0.393 e. The van der Waals surface area contributed by atoms with Crippen molar-refractivity contribution in [2.75, 3.05) is 20.1 Å². The third kappa shape index (κ3) is 5.76. The summed E-state index contributed by atoms with van der Waals surface area (Å²) in [6.45, 7) is 3.31. The molecule has 1 rings (SSSR count). The van der Waals surface area contributed by atoms with E-state index in [0.717, 1.165) is 29.5 Å². The van der Waals surface area contributed by atoms with Crippen molar-refractivity contribution in [1.29, 1.82) is 0 Å². The number of ketones is 1. The second-order valence-corrected chi connectivity index (χ2v) is 5.54. The molecule has 4 heteroatoms. The molecule has 18 heavy (non-hydrogen) atoms. The first-order valence-electron chi connectivity index (χ1n) is 6.14. The molecule has 0 aliphatic rings. The van der Waals surface area contributed by atoms with E-state index in [4.69, 9.17) is 0 Å². The second kappa shape index (κ2) is 7.67. The number of nitrogens with zero attached hydrogens (tertiary/aromatic N) is 1. The number of hydrogen-bond donors (Lipinski definition) is 1. The van der Waals surface area contributed by atoms with Crippen molar-refractivity contribution < 1.29 is 9.90 Å².